The Hall–Kier alpha value is -1.12. The summed E-state index contributed by atoms with van der Waals surface area (Å²) < 4.78 is 51.2. The molecule has 0 amide bonds. The van der Waals surface area contributed by atoms with Gasteiger partial charge in [-0.2, -0.15) is 0 Å². The van der Waals surface area contributed by atoms with E-state index in [0.29, 0.717) is 12.1 Å². The number of benzene rings is 1. The van der Waals surface area contributed by atoms with Crippen LogP contribution >= 0.6 is 0 Å². The smallest absolute Gasteiger partial charge is 0.234 e. The number of nitrogens with one attached hydrogen (secondary N) is 2. The van der Waals surface area contributed by atoms with Gasteiger partial charge in [0.25, 0.3) is 0 Å². The molecule has 6 nitrogen and oxygen atoms in total. The van der Waals surface area contributed by atoms with Crippen molar-refractivity contribution >= 4 is 25.7 Å². The molecule has 114 valence electrons. The number of hydrogen-bond donors (Lipinski definition) is 2. The summed E-state index contributed by atoms with van der Waals surface area (Å²) in [6, 6.07) is 8.46. The van der Waals surface area contributed by atoms with E-state index in [2.05, 4.69) is 9.44 Å². The number of sulfonamides is 2. The van der Waals surface area contributed by atoms with Gasteiger partial charge < -0.3 is 0 Å². The van der Waals surface area contributed by atoms with Crippen LogP contribution < -0.4 is 9.44 Å². The van der Waals surface area contributed by atoms with E-state index in [1.165, 1.54) is 0 Å². The molecule has 0 saturated heterocycles. The second-order valence-electron chi connectivity index (χ2n) is 4.35. The Morgan fingerprint density at radius 1 is 0.950 bits per heavy atom. The van der Waals surface area contributed by atoms with Crippen LogP contribution in [0.4, 0.5) is 5.69 Å². The minimum atomic E-state index is -3.55. The van der Waals surface area contributed by atoms with Gasteiger partial charge in [-0.05, 0) is 18.6 Å². The van der Waals surface area contributed by atoms with Crippen LogP contribution in [0.15, 0.2) is 30.3 Å². The van der Waals surface area contributed by atoms with Crippen molar-refractivity contribution in [3.05, 3.63) is 30.3 Å². The average Bonchev–Trinajstić information content (AvgIpc) is 2.36. The maximum atomic E-state index is 11.8. The molecule has 0 heterocycles. The molecule has 0 radical (unpaired) electrons. The predicted octanol–water partition coefficient (Wildman–Crippen LogP) is 1.15. The Morgan fingerprint density at radius 2 is 1.60 bits per heavy atom. The topological polar surface area (TPSA) is 92.3 Å². The van der Waals surface area contributed by atoms with Crippen molar-refractivity contribution in [2.45, 2.75) is 19.8 Å². The molecule has 20 heavy (non-hydrogen) atoms. The summed E-state index contributed by atoms with van der Waals surface area (Å²) in [5.41, 5.74) is 0.460. The minimum absolute atomic E-state index is 0.0235. The SMILES string of the molecule is CCCCS(=O)(=O)NCCS(=O)(=O)Nc1ccccc1. The molecule has 0 bridgehead atoms. The van der Waals surface area contributed by atoms with E-state index >= 15 is 0 Å². The Labute approximate surface area is 120 Å². The highest BCUT2D eigenvalue weighted by Gasteiger charge is 2.13. The largest absolute Gasteiger partial charge is 0.284 e. The number of unbranched alkanes of at least 4 members (excludes halogenated alkanes) is 1. The normalized spacial score (nSPS) is 12.2. The van der Waals surface area contributed by atoms with Gasteiger partial charge >= 0.3 is 0 Å². The Morgan fingerprint density at radius 3 is 2.20 bits per heavy atom. The van der Waals surface area contributed by atoms with Crippen LogP contribution in [0.1, 0.15) is 19.8 Å². The maximum absolute atomic E-state index is 11.8. The fourth-order valence-electron chi connectivity index (χ4n) is 1.47. The van der Waals surface area contributed by atoms with Crippen molar-refractivity contribution in [2.24, 2.45) is 0 Å². The molecule has 1 rings (SSSR count). The summed E-state index contributed by atoms with van der Waals surface area (Å²) in [6.07, 6.45) is 1.33. The molecule has 0 unspecified atom stereocenters. The van der Waals surface area contributed by atoms with Crippen LogP contribution in [0, 0.1) is 0 Å². The van der Waals surface area contributed by atoms with E-state index in [9.17, 15) is 16.8 Å². The number of hydrogen-bond acceptors (Lipinski definition) is 4. The quantitative estimate of drug-likeness (QED) is 0.714. The Bertz CT molecular complexity index is 598. The van der Waals surface area contributed by atoms with Crippen molar-refractivity contribution in [3.8, 4) is 0 Å². The molecule has 2 N–H and O–H groups in total. The first kappa shape index (κ1) is 16.9. The summed E-state index contributed by atoms with van der Waals surface area (Å²) in [5, 5.41) is 0. The zero-order valence-corrected chi connectivity index (χ0v) is 13.0. The van der Waals surface area contributed by atoms with E-state index in [4.69, 9.17) is 0 Å². The van der Waals surface area contributed by atoms with Gasteiger partial charge in [0.2, 0.25) is 20.0 Å². The van der Waals surface area contributed by atoms with Crippen LogP contribution in [-0.4, -0.2) is 34.9 Å². The minimum Gasteiger partial charge on any atom is -0.284 e. The second kappa shape index (κ2) is 7.61. The third-order valence-corrected chi connectivity index (χ3v) is 5.26. The van der Waals surface area contributed by atoms with Gasteiger partial charge in [0.15, 0.2) is 0 Å². The van der Waals surface area contributed by atoms with Crippen molar-refractivity contribution in [2.75, 3.05) is 22.8 Å². The lowest BCUT2D eigenvalue weighted by molar-refractivity contribution is 0.579. The van der Waals surface area contributed by atoms with Gasteiger partial charge in [-0.1, -0.05) is 31.5 Å². The van der Waals surface area contributed by atoms with Crippen molar-refractivity contribution in [1.29, 1.82) is 0 Å². The van der Waals surface area contributed by atoms with Crippen molar-refractivity contribution in [3.63, 3.8) is 0 Å². The van der Waals surface area contributed by atoms with E-state index in [-0.39, 0.29) is 18.1 Å². The molecular formula is C12H20N2O4S2. The molecule has 1 aromatic carbocycles. The molecule has 0 aliphatic rings. The summed E-state index contributed by atoms with van der Waals surface area (Å²) in [7, 11) is -6.94. The summed E-state index contributed by atoms with van der Waals surface area (Å²) in [4.78, 5) is 0. The standard InChI is InChI=1S/C12H20N2O4S2/c1-2-3-10-19(15,16)13-9-11-20(17,18)14-12-7-5-4-6-8-12/h4-8,13-14H,2-3,9-11H2,1H3. The van der Waals surface area contributed by atoms with E-state index < -0.39 is 20.0 Å². The highest BCUT2D eigenvalue weighted by atomic mass is 32.2. The van der Waals surface area contributed by atoms with E-state index in [0.717, 1.165) is 6.42 Å². The molecule has 1 aromatic rings. The fourth-order valence-corrected chi connectivity index (χ4v) is 3.80. The number of anilines is 1. The lowest BCUT2D eigenvalue weighted by Gasteiger charge is -2.09. The van der Waals surface area contributed by atoms with Gasteiger partial charge in [0.05, 0.1) is 11.5 Å². The van der Waals surface area contributed by atoms with Crippen LogP contribution in [-0.2, 0) is 20.0 Å². The Balaban J connectivity index is 2.44. The first-order valence-electron chi connectivity index (χ1n) is 6.37. The average molecular weight is 320 g/mol. The second-order valence-corrected chi connectivity index (χ2v) is 8.12. The van der Waals surface area contributed by atoms with Gasteiger partial charge in [-0.25, -0.2) is 21.6 Å². The molecule has 0 aliphatic heterocycles. The van der Waals surface area contributed by atoms with Crippen LogP contribution in [0.25, 0.3) is 0 Å². The van der Waals surface area contributed by atoms with Crippen molar-refractivity contribution < 1.29 is 16.8 Å². The molecule has 8 heteroatoms. The number of para-hydroxylation sites is 1. The highest BCUT2D eigenvalue weighted by molar-refractivity contribution is 7.92. The summed E-state index contributed by atoms with van der Waals surface area (Å²) in [6.45, 7) is 1.76. The van der Waals surface area contributed by atoms with Gasteiger partial charge in [-0.15, -0.1) is 0 Å². The Kier molecular flexibility index (Phi) is 6.44. The van der Waals surface area contributed by atoms with Gasteiger partial charge in [0, 0.05) is 12.2 Å². The van der Waals surface area contributed by atoms with Crippen LogP contribution in [0.2, 0.25) is 0 Å². The molecule has 0 aliphatic carbocycles. The first-order chi connectivity index (χ1) is 9.35. The van der Waals surface area contributed by atoms with Gasteiger partial charge in [0.1, 0.15) is 0 Å². The molecule has 0 spiro atoms. The zero-order valence-electron chi connectivity index (χ0n) is 11.4. The van der Waals surface area contributed by atoms with Crippen LogP contribution in [0.5, 0.6) is 0 Å². The van der Waals surface area contributed by atoms with E-state index in [1.807, 2.05) is 6.92 Å². The van der Waals surface area contributed by atoms with Gasteiger partial charge in [-0.3, -0.25) is 4.72 Å². The highest BCUT2D eigenvalue weighted by Crippen LogP contribution is 2.07. The lowest BCUT2D eigenvalue weighted by Crippen LogP contribution is -2.32. The first-order valence-corrected chi connectivity index (χ1v) is 9.68. The third kappa shape index (κ3) is 6.88. The molecular weight excluding hydrogens is 300 g/mol. The monoisotopic (exact) mass is 320 g/mol. The molecule has 0 saturated carbocycles. The van der Waals surface area contributed by atoms with Crippen molar-refractivity contribution in [1.82, 2.24) is 4.72 Å². The zero-order chi connectivity index (χ0) is 15.1. The number of rotatable bonds is 9. The molecule has 0 fully saturated rings. The van der Waals surface area contributed by atoms with Crippen LogP contribution in [0.3, 0.4) is 0 Å². The molecule has 0 aromatic heterocycles. The maximum Gasteiger partial charge on any atom is 0.234 e. The lowest BCUT2D eigenvalue weighted by atomic mass is 10.3. The summed E-state index contributed by atoms with van der Waals surface area (Å²) >= 11 is 0. The third-order valence-electron chi connectivity index (χ3n) is 2.51. The fraction of sp³-hybridized carbons (Fsp3) is 0.500. The predicted molar refractivity (Wildman–Crippen MR) is 80.5 cm³/mol. The van der Waals surface area contributed by atoms with E-state index in [1.54, 1.807) is 30.3 Å². The summed E-state index contributed by atoms with van der Waals surface area (Å²) in [5.74, 6) is -0.275. The molecule has 0 atom stereocenters.